The van der Waals surface area contributed by atoms with Gasteiger partial charge in [0.05, 0.1) is 12.2 Å². The lowest BCUT2D eigenvalue weighted by atomic mass is 10.2. The molecule has 0 bridgehead atoms. The van der Waals surface area contributed by atoms with Gasteiger partial charge < -0.3 is 15.0 Å². The van der Waals surface area contributed by atoms with E-state index >= 15 is 0 Å². The molecule has 0 atom stereocenters. The molecule has 7 heteroatoms. The number of benzene rings is 2. The van der Waals surface area contributed by atoms with Gasteiger partial charge in [-0.25, -0.2) is 4.79 Å². The molecule has 1 aliphatic rings. The fourth-order valence-corrected chi connectivity index (χ4v) is 3.18. The Kier molecular flexibility index (Phi) is 6.97. The van der Waals surface area contributed by atoms with Crippen LogP contribution in [0.15, 0.2) is 54.6 Å². The average molecular weight is 395 g/mol. The van der Waals surface area contributed by atoms with Gasteiger partial charge in [0.15, 0.2) is 0 Å². The lowest BCUT2D eigenvalue weighted by molar-refractivity contribution is -0.144. The highest BCUT2D eigenvalue weighted by Crippen LogP contribution is 2.12. The smallest absolute Gasteiger partial charge is 0.338 e. The number of esters is 1. The van der Waals surface area contributed by atoms with Crippen molar-refractivity contribution in [2.75, 3.05) is 38.1 Å². The minimum Gasteiger partial charge on any atom is -0.462 e. The van der Waals surface area contributed by atoms with E-state index in [1.165, 1.54) is 5.56 Å². The number of rotatable bonds is 5. The number of hydrogen-bond acceptors (Lipinski definition) is 5. The zero-order valence-electron chi connectivity index (χ0n) is 16.5. The largest absolute Gasteiger partial charge is 0.462 e. The molecule has 152 valence electrons. The third kappa shape index (κ3) is 5.65. The molecule has 2 amide bonds. The molecule has 0 unspecified atom stereocenters. The molecule has 1 saturated heterocycles. The van der Waals surface area contributed by atoms with Crippen LogP contribution in [0.2, 0.25) is 0 Å². The molecule has 1 aliphatic heterocycles. The second-order valence-electron chi connectivity index (χ2n) is 6.81. The number of ether oxygens (including phenoxy) is 1. The van der Waals surface area contributed by atoms with E-state index in [1.54, 1.807) is 36.1 Å². The maximum Gasteiger partial charge on any atom is 0.338 e. The fourth-order valence-electron chi connectivity index (χ4n) is 3.18. The molecule has 3 rings (SSSR count). The molecule has 7 nitrogen and oxygen atoms in total. The van der Waals surface area contributed by atoms with Crippen LogP contribution in [0, 0.1) is 0 Å². The highest BCUT2D eigenvalue weighted by atomic mass is 16.5. The van der Waals surface area contributed by atoms with E-state index in [0.29, 0.717) is 30.9 Å². The Morgan fingerprint density at radius 3 is 2.21 bits per heavy atom. The Bertz CT molecular complexity index is 844. The lowest BCUT2D eigenvalue weighted by Gasteiger charge is -2.34. The summed E-state index contributed by atoms with van der Waals surface area (Å²) in [6, 6.07) is 16.4. The molecule has 0 aliphatic carbocycles. The molecule has 1 N–H and O–H groups in total. The Morgan fingerprint density at radius 1 is 0.931 bits per heavy atom. The fraction of sp³-hybridized carbons (Fsp3) is 0.318. The van der Waals surface area contributed by atoms with Crippen molar-refractivity contribution in [3.8, 4) is 0 Å². The lowest BCUT2D eigenvalue weighted by Crippen LogP contribution is -2.51. The number of piperazine rings is 1. The van der Waals surface area contributed by atoms with Crippen molar-refractivity contribution in [3.63, 3.8) is 0 Å². The van der Waals surface area contributed by atoms with Gasteiger partial charge in [-0.2, -0.15) is 0 Å². The van der Waals surface area contributed by atoms with Crippen LogP contribution in [-0.4, -0.2) is 60.4 Å². The van der Waals surface area contributed by atoms with Gasteiger partial charge in [-0.1, -0.05) is 30.3 Å². The van der Waals surface area contributed by atoms with Crippen molar-refractivity contribution >= 4 is 23.5 Å². The molecule has 0 spiro atoms. The highest BCUT2D eigenvalue weighted by Gasteiger charge is 2.26. The maximum absolute atomic E-state index is 12.4. The van der Waals surface area contributed by atoms with Crippen molar-refractivity contribution in [2.45, 2.75) is 13.5 Å². The van der Waals surface area contributed by atoms with E-state index in [0.717, 1.165) is 19.6 Å². The summed E-state index contributed by atoms with van der Waals surface area (Å²) < 4.78 is 4.92. The summed E-state index contributed by atoms with van der Waals surface area (Å²) in [4.78, 5) is 40.2. The summed E-state index contributed by atoms with van der Waals surface area (Å²) in [5.41, 5.74) is 2.08. The van der Waals surface area contributed by atoms with Crippen molar-refractivity contribution < 1.29 is 19.1 Å². The molecular formula is C22H25N3O4. The number of carbonyl (C=O) groups is 3. The van der Waals surface area contributed by atoms with Gasteiger partial charge in [0.25, 0.3) is 0 Å². The SMILES string of the molecule is CCOC(=O)c1ccc(NC(=O)C(=O)N2CCN(Cc3ccccc3)CC2)cc1. The molecule has 1 heterocycles. The zero-order chi connectivity index (χ0) is 20.6. The Hall–Kier alpha value is -3.19. The first-order chi connectivity index (χ1) is 14.1. The average Bonchev–Trinajstić information content (AvgIpc) is 2.75. The number of nitrogens with one attached hydrogen (secondary N) is 1. The van der Waals surface area contributed by atoms with Gasteiger partial charge in [-0.3, -0.25) is 14.5 Å². The quantitative estimate of drug-likeness (QED) is 0.620. The third-order valence-corrected chi connectivity index (χ3v) is 4.76. The normalized spacial score (nSPS) is 14.3. The van der Waals surface area contributed by atoms with Gasteiger partial charge >= 0.3 is 17.8 Å². The number of hydrogen-bond donors (Lipinski definition) is 1. The zero-order valence-corrected chi connectivity index (χ0v) is 16.5. The minimum atomic E-state index is -0.676. The molecule has 29 heavy (non-hydrogen) atoms. The predicted molar refractivity (Wildman–Crippen MR) is 109 cm³/mol. The molecule has 1 fully saturated rings. The second kappa shape index (κ2) is 9.84. The predicted octanol–water partition coefficient (Wildman–Crippen LogP) is 2.15. The van der Waals surface area contributed by atoms with E-state index in [2.05, 4.69) is 22.3 Å². The maximum atomic E-state index is 12.4. The summed E-state index contributed by atoms with van der Waals surface area (Å²) in [5, 5.41) is 2.59. The summed E-state index contributed by atoms with van der Waals surface area (Å²) >= 11 is 0. The van der Waals surface area contributed by atoms with Crippen LogP contribution in [0.3, 0.4) is 0 Å². The van der Waals surface area contributed by atoms with E-state index in [4.69, 9.17) is 4.74 Å². The minimum absolute atomic E-state index is 0.296. The van der Waals surface area contributed by atoms with Crippen LogP contribution in [0.25, 0.3) is 0 Å². The second-order valence-corrected chi connectivity index (χ2v) is 6.81. The number of anilines is 1. The first-order valence-corrected chi connectivity index (χ1v) is 9.70. The molecule has 2 aromatic carbocycles. The standard InChI is InChI=1S/C22H25N3O4/c1-2-29-22(28)18-8-10-19(11-9-18)23-20(26)21(27)25-14-12-24(13-15-25)16-17-6-4-3-5-7-17/h3-11H,2,12-16H2,1H3,(H,23,26). The topological polar surface area (TPSA) is 78.9 Å². The van der Waals surface area contributed by atoms with Crippen molar-refractivity contribution in [2.24, 2.45) is 0 Å². The van der Waals surface area contributed by atoms with Crippen LogP contribution < -0.4 is 5.32 Å². The molecule has 0 saturated carbocycles. The first kappa shape index (κ1) is 20.5. The molecular weight excluding hydrogens is 370 g/mol. The Labute approximate surface area is 170 Å². The molecule has 0 aromatic heterocycles. The van der Waals surface area contributed by atoms with Gasteiger partial charge in [-0.15, -0.1) is 0 Å². The Balaban J connectivity index is 1.48. The van der Waals surface area contributed by atoms with Gasteiger partial charge in [-0.05, 0) is 36.8 Å². The highest BCUT2D eigenvalue weighted by molar-refractivity contribution is 6.39. The van der Waals surface area contributed by atoms with E-state index in [1.807, 2.05) is 18.2 Å². The van der Waals surface area contributed by atoms with Crippen LogP contribution in [-0.2, 0) is 20.9 Å². The van der Waals surface area contributed by atoms with Crippen LogP contribution in [0.4, 0.5) is 5.69 Å². The Morgan fingerprint density at radius 2 is 1.59 bits per heavy atom. The summed E-state index contributed by atoms with van der Waals surface area (Å²) in [6.07, 6.45) is 0. The van der Waals surface area contributed by atoms with Crippen molar-refractivity contribution in [3.05, 3.63) is 65.7 Å². The summed E-state index contributed by atoms with van der Waals surface area (Å²) in [7, 11) is 0. The number of amides is 2. The molecule has 2 aromatic rings. The summed E-state index contributed by atoms with van der Waals surface area (Å²) in [6.45, 7) is 5.35. The van der Waals surface area contributed by atoms with Crippen LogP contribution in [0.5, 0.6) is 0 Å². The van der Waals surface area contributed by atoms with Gasteiger partial charge in [0.2, 0.25) is 0 Å². The number of carbonyl (C=O) groups excluding carboxylic acids is 3. The first-order valence-electron chi connectivity index (χ1n) is 9.70. The van der Waals surface area contributed by atoms with Crippen LogP contribution >= 0.6 is 0 Å². The van der Waals surface area contributed by atoms with E-state index in [-0.39, 0.29) is 0 Å². The molecule has 0 radical (unpaired) electrons. The van der Waals surface area contributed by atoms with E-state index in [9.17, 15) is 14.4 Å². The van der Waals surface area contributed by atoms with Crippen molar-refractivity contribution in [1.29, 1.82) is 0 Å². The van der Waals surface area contributed by atoms with Gasteiger partial charge in [0, 0.05) is 38.4 Å². The van der Waals surface area contributed by atoms with Gasteiger partial charge in [0.1, 0.15) is 0 Å². The van der Waals surface area contributed by atoms with Crippen LogP contribution in [0.1, 0.15) is 22.8 Å². The number of nitrogens with zero attached hydrogens (tertiary/aromatic N) is 2. The monoisotopic (exact) mass is 395 g/mol. The van der Waals surface area contributed by atoms with Crippen molar-refractivity contribution in [1.82, 2.24) is 9.80 Å². The summed E-state index contributed by atoms with van der Waals surface area (Å²) in [5.74, 6) is -1.64. The van der Waals surface area contributed by atoms with E-state index < -0.39 is 17.8 Å². The third-order valence-electron chi connectivity index (χ3n) is 4.76.